The first-order chi connectivity index (χ1) is 6.86. The average molecular weight is 219 g/mol. The van der Waals surface area contributed by atoms with Gasteiger partial charge in [-0.2, -0.15) is 13.2 Å². The molecule has 0 aliphatic carbocycles. The highest BCUT2D eigenvalue weighted by atomic mass is 19.4. The van der Waals surface area contributed by atoms with Crippen LogP contribution >= 0.6 is 0 Å². The van der Waals surface area contributed by atoms with Crippen LogP contribution in [0.3, 0.4) is 0 Å². The third kappa shape index (κ3) is 2.70. The quantitative estimate of drug-likeness (QED) is 0.705. The lowest BCUT2D eigenvalue weighted by molar-refractivity contribution is -0.141. The van der Waals surface area contributed by atoms with Crippen LogP contribution in [0, 0.1) is 0 Å². The smallest absolute Gasteiger partial charge is 0.423 e. The summed E-state index contributed by atoms with van der Waals surface area (Å²) in [5.41, 5.74) is -0.888. The predicted octanol–water partition coefficient (Wildman–Crippen LogP) is 0.343. The third-order valence-electron chi connectivity index (χ3n) is 1.97. The summed E-state index contributed by atoms with van der Waals surface area (Å²) in [4.78, 5) is 3.22. The first-order valence-electron chi connectivity index (χ1n) is 4.28. The van der Waals surface area contributed by atoms with E-state index >= 15 is 0 Å². The second kappa shape index (κ2) is 4.20. The van der Waals surface area contributed by atoms with E-state index in [1.165, 1.54) is 0 Å². The van der Waals surface area contributed by atoms with E-state index in [-0.39, 0.29) is 5.46 Å². The molecule has 0 amide bonds. The lowest BCUT2D eigenvalue weighted by Gasteiger charge is -2.10. The number of rotatable bonds is 2. The second-order valence-electron chi connectivity index (χ2n) is 2.99. The SMILES string of the molecule is CCc1cnc(C(F)(F)F)cc1B(O)O. The molecule has 1 aromatic heterocycles. The molecule has 0 saturated carbocycles. The number of hydrogen-bond acceptors (Lipinski definition) is 3. The van der Waals surface area contributed by atoms with Gasteiger partial charge in [0.2, 0.25) is 0 Å². The predicted molar refractivity (Wildman–Crippen MR) is 48.4 cm³/mol. The maximum atomic E-state index is 12.2. The number of alkyl halides is 3. The molecule has 7 heteroatoms. The van der Waals surface area contributed by atoms with E-state index in [4.69, 9.17) is 10.0 Å². The molecule has 82 valence electrons. The van der Waals surface area contributed by atoms with Gasteiger partial charge in [0.25, 0.3) is 0 Å². The number of hydrogen-bond donors (Lipinski definition) is 2. The maximum absolute atomic E-state index is 12.2. The Morgan fingerprint density at radius 2 is 2.00 bits per heavy atom. The van der Waals surface area contributed by atoms with Gasteiger partial charge in [-0.3, -0.25) is 4.98 Å². The molecule has 2 N–H and O–H groups in total. The summed E-state index contributed by atoms with van der Waals surface area (Å²) < 4.78 is 36.7. The van der Waals surface area contributed by atoms with E-state index in [9.17, 15) is 13.2 Å². The molecule has 0 aliphatic heterocycles. The van der Waals surface area contributed by atoms with Crippen molar-refractivity contribution in [3.63, 3.8) is 0 Å². The largest absolute Gasteiger partial charge is 0.488 e. The zero-order valence-corrected chi connectivity index (χ0v) is 7.91. The van der Waals surface area contributed by atoms with Crippen molar-refractivity contribution in [2.45, 2.75) is 19.5 Å². The van der Waals surface area contributed by atoms with Crippen molar-refractivity contribution >= 4 is 12.6 Å². The normalized spacial score (nSPS) is 11.6. The van der Waals surface area contributed by atoms with Crippen LogP contribution in [0.1, 0.15) is 18.2 Å². The standard InChI is InChI=1S/C8H9BF3NO2/c1-2-5-4-13-7(8(10,11)12)3-6(5)9(14)15/h3-4,14-15H,2H2,1H3. The van der Waals surface area contributed by atoms with Gasteiger partial charge in [-0.1, -0.05) is 6.92 Å². The monoisotopic (exact) mass is 219 g/mol. The van der Waals surface area contributed by atoms with Gasteiger partial charge < -0.3 is 10.0 Å². The number of pyridine rings is 1. The second-order valence-corrected chi connectivity index (χ2v) is 2.99. The van der Waals surface area contributed by atoms with Crippen molar-refractivity contribution in [2.75, 3.05) is 0 Å². The Labute approximate surface area is 84.7 Å². The van der Waals surface area contributed by atoms with Crippen LogP contribution in [0.15, 0.2) is 12.3 Å². The van der Waals surface area contributed by atoms with Gasteiger partial charge in [-0.05, 0) is 23.5 Å². The van der Waals surface area contributed by atoms with Gasteiger partial charge in [-0.15, -0.1) is 0 Å². The minimum atomic E-state index is -4.57. The first-order valence-corrected chi connectivity index (χ1v) is 4.28. The van der Waals surface area contributed by atoms with Gasteiger partial charge in [0.15, 0.2) is 0 Å². The van der Waals surface area contributed by atoms with Crippen molar-refractivity contribution in [2.24, 2.45) is 0 Å². The minimum absolute atomic E-state index is 0.153. The molecule has 0 radical (unpaired) electrons. The number of aromatic nitrogens is 1. The Morgan fingerprint density at radius 1 is 1.40 bits per heavy atom. The van der Waals surface area contributed by atoms with Crippen molar-refractivity contribution in [1.82, 2.24) is 4.98 Å². The molecule has 0 aliphatic rings. The van der Waals surface area contributed by atoms with E-state index < -0.39 is 19.0 Å². The Morgan fingerprint density at radius 3 is 2.40 bits per heavy atom. The van der Waals surface area contributed by atoms with E-state index in [0.717, 1.165) is 6.20 Å². The van der Waals surface area contributed by atoms with Crippen LogP contribution in [0.2, 0.25) is 0 Å². The summed E-state index contributed by atoms with van der Waals surface area (Å²) in [7, 11) is -1.91. The molecule has 0 spiro atoms. The summed E-state index contributed by atoms with van der Waals surface area (Å²) in [5, 5.41) is 17.8. The highest BCUT2D eigenvalue weighted by Crippen LogP contribution is 2.26. The summed E-state index contributed by atoms with van der Waals surface area (Å²) >= 11 is 0. The first kappa shape index (κ1) is 12.0. The van der Waals surface area contributed by atoms with Crippen LogP contribution in [-0.2, 0) is 12.6 Å². The Bertz CT molecular complexity index is 354. The fraction of sp³-hybridized carbons (Fsp3) is 0.375. The van der Waals surface area contributed by atoms with Gasteiger partial charge >= 0.3 is 13.3 Å². The molecule has 0 atom stereocenters. The van der Waals surface area contributed by atoms with Gasteiger partial charge in [0.05, 0.1) is 0 Å². The average Bonchev–Trinajstić information content (AvgIpc) is 2.15. The van der Waals surface area contributed by atoms with Gasteiger partial charge in [0.1, 0.15) is 5.69 Å². The maximum Gasteiger partial charge on any atom is 0.488 e. The van der Waals surface area contributed by atoms with Crippen molar-refractivity contribution in [1.29, 1.82) is 0 Å². The van der Waals surface area contributed by atoms with E-state index in [0.29, 0.717) is 18.1 Å². The minimum Gasteiger partial charge on any atom is -0.423 e. The van der Waals surface area contributed by atoms with E-state index in [2.05, 4.69) is 4.98 Å². The number of nitrogens with zero attached hydrogens (tertiary/aromatic N) is 1. The fourth-order valence-electron chi connectivity index (χ4n) is 1.19. The number of aryl methyl sites for hydroxylation is 1. The van der Waals surface area contributed by atoms with Crippen LogP contribution in [0.5, 0.6) is 0 Å². The van der Waals surface area contributed by atoms with E-state index in [1.807, 2.05) is 0 Å². The molecule has 1 aromatic rings. The molecule has 1 rings (SSSR count). The van der Waals surface area contributed by atoms with Crippen molar-refractivity contribution < 1.29 is 23.2 Å². The Balaban J connectivity index is 3.22. The van der Waals surface area contributed by atoms with Crippen LogP contribution in [-0.4, -0.2) is 22.2 Å². The van der Waals surface area contributed by atoms with Crippen molar-refractivity contribution in [3.8, 4) is 0 Å². The highest BCUT2D eigenvalue weighted by Gasteiger charge is 2.33. The Kier molecular flexibility index (Phi) is 3.36. The summed E-state index contributed by atoms with van der Waals surface area (Å²) in [6.45, 7) is 1.69. The third-order valence-corrected chi connectivity index (χ3v) is 1.97. The molecule has 3 nitrogen and oxygen atoms in total. The highest BCUT2D eigenvalue weighted by molar-refractivity contribution is 6.59. The lowest BCUT2D eigenvalue weighted by Crippen LogP contribution is -2.34. The molecular formula is C8H9BF3NO2. The topological polar surface area (TPSA) is 53.4 Å². The molecule has 1 heterocycles. The molecule has 0 unspecified atom stereocenters. The Hall–Kier alpha value is -1.08. The molecule has 0 aromatic carbocycles. The zero-order valence-electron chi connectivity index (χ0n) is 7.91. The molecule has 15 heavy (non-hydrogen) atoms. The fourth-order valence-corrected chi connectivity index (χ4v) is 1.19. The molecule has 0 fully saturated rings. The summed E-state index contributed by atoms with van der Waals surface area (Å²) in [6.07, 6.45) is -3.18. The summed E-state index contributed by atoms with van der Waals surface area (Å²) in [6, 6.07) is 0.656. The van der Waals surface area contributed by atoms with Crippen molar-refractivity contribution in [3.05, 3.63) is 23.5 Å². The van der Waals surface area contributed by atoms with Crippen LogP contribution in [0.4, 0.5) is 13.2 Å². The van der Waals surface area contributed by atoms with Crippen LogP contribution in [0.25, 0.3) is 0 Å². The summed E-state index contributed by atoms with van der Waals surface area (Å²) in [5.74, 6) is 0. The molecule has 0 saturated heterocycles. The lowest BCUT2D eigenvalue weighted by atomic mass is 9.77. The van der Waals surface area contributed by atoms with Gasteiger partial charge in [0, 0.05) is 6.20 Å². The van der Waals surface area contributed by atoms with Crippen LogP contribution < -0.4 is 5.46 Å². The number of halogens is 3. The molecule has 0 bridgehead atoms. The molecular weight excluding hydrogens is 210 g/mol. The zero-order chi connectivity index (χ0) is 11.6. The van der Waals surface area contributed by atoms with E-state index in [1.54, 1.807) is 6.92 Å². The van der Waals surface area contributed by atoms with Gasteiger partial charge in [-0.25, -0.2) is 0 Å².